The predicted octanol–water partition coefficient (Wildman–Crippen LogP) is 5.96. The normalized spacial score (nSPS) is 10.8. The lowest BCUT2D eigenvalue weighted by Gasteiger charge is -2.07. The van der Waals surface area contributed by atoms with Gasteiger partial charge in [-0.15, -0.1) is 0 Å². The Balaban J connectivity index is 1.51. The van der Waals surface area contributed by atoms with Crippen LogP contribution in [-0.4, -0.2) is 10.9 Å². The number of carbonyl (C=O) groups excluding carboxylic acids is 1. The highest BCUT2D eigenvalue weighted by Gasteiger charge is 2.12. The zero-order valence-electron chi connectivity index (χ0n) is 15.3. The van der Waals surface area contributed by atoms with Gasteiger partial charge in [0.2, 0.25) is 0 Å². The van der Waals surface area contributed by atoms with Crippen molar-refractivity contribution in [2.24, 2.45) is 0 Å². The van der Waals surface area contributed by atoms with Crippen molar-refractivity contribution in [2.75, 3.05) is 5.32 Å². The van der Waals surface area contributed by atoms with Crippen molar-refractivity contribution < 1.29 is 9.53 Å². The van der Waals surface area contributed by atoms with Gasteiger partial charge in [-0.05, 0) is 48.4 Å². The van der Waals surface area contributed by atoms with Gasteiger partial charge in [0, 0.05) is 27.7 Å². The molecular weight excluding hydrogens is 372 g/mol. The SMILES string of the molecule is Cc1ccc(Cl)cc1NC(=O)c1cc2ccc(OCc3ccccc3)cc2[nH]1. The summed E-state index contributed by atoms with van der Waals surface area (Å²) in [4.78, 5) is 15.8. The zero-order valence-corrected chi connectivity index (χ0v) is 16.1. The molecule has 4 aromatic rings. The van der Waals surface area contributed by atoms with Crippen molar-refractivity contribution in [1.82, 2.24) is 4.98 Å². The summed E-state index contributed by atoms with van der Waals surface area (Å²) in [7, 11) is 0. The van der Waals surface area contributed by atoms with Crippen molar-refractivity contribution in [2.45, 2.75) is 13.5 Å². The molecule has 0 aliphatic carbocycles. The summed E-state index contributed by atoms with van der Waals surface area (Å²) in [5.74, 6) is 0.532. The van der Waals surface area contributed by atoms with E-state index < -0.39 is 0 Å². The van der Waals surface area contributed by atoms with Crippen molar-refractivity contribution in [3.63, 3.8) is 0 Å². The Kier molecular flexibility index (Phi) is 5.04. The zero-order chi connectivity index (χ0) is 19.5. The Morgan fingerprint density at radius 2 is 1.86 bits per heavy atom. The number of fused-ring (bicyclic) bond motifs is 1. The second kappa shape index (κ2) is 7.79. The van der Waals surface area contributed by atoms with Gasteiger partial charge in [0.15, 0.2) is 0 Å². The smallest absolute Gasteiger partial charge is 0.272 e. The van der Waals surface area contributed by atoms with Gasteiger partial charge in [-0.25, -0.2) is 0 Å². The van der Waals surface area contributed by atoms with Crippen LogP contribution in [0, 0.1) is 6.92 Å². The quantitative estimate of drug-likeness (QED) is 0.441. The molecule has 0 fully saturated rings. The molecule has 3 aromatic carbocycles. The Labute approximate surface area is 168 Å². The highest BCUT2D eigenvalue weighted by Crippen LogP contribution is 2.24. The highest BCUT2D eigenvalue weighted by atomic mass is 35.5. The first-order valence-corrected chi connectivity index (χ1v) is 9.33. The molecule has 0 bridgehead atoms. The largest absolute Gasteiger partial charge is 0.489 e. The topological polar surface area (TPSA) is 54.1 Å². The lowest BCUT2D eigenvalue weighted by atomic mass is 10.2. The first-order valence-electron chi connectivity index (χ1n) is 8.95. The van der Waals surface area contributed by atoms with E-state index in [0.29, 0.717) is 23.0 Å². The number of H-pyrrole nitrogens is 1. The molecule has 4 rings (SSSR count). The van der Waals surface area contributed by atoms with E-state index in [1.807, 2.05) is 67.6 Å². The lowest BCUT2D eigenvalue weighted by molar-refractivity contribution is 0.102. The number of benzene rings is 3. The van der Waals surface area contributed by atoms with Crippen LogP contribution in [0.1, 0.15) is 21.6 Å². The summed E-state index contributed by atoms with van der Waals surface area (Å²) >= 11 is 6.03. The Bertz CT molecular complexity index is 1140. The first-order chi connectivity index (χ1) is 13.6. The summed E-state index contributed by atoms with van der Waals surface area (Å²) in [5, 5.41) is 4.43. The van der Waals surface area contributed by atoms with Crippen LogP contribution in [0.25, 0.3) is 10.9 Å². The Morgan fingerprint density at radius 3 is 2.68 bits per heavy atom. The number of aromatic nitrogens is 1. The van der Waals surface area contributed by atoms with Gasteiger partial charge in [-0.2, -0.15) is 0 Å². The first kappa shape index (κ1) is 18.1. The molecule has 0 atom stereocenters. The maximum Gasteiger partial charge on any atom is 0.272 e. The van der Waals surface area contributed by atoms with Gasteiger partial charge >= 0.3 is 0 Å². The lowest BCUT2D eigenvalue weighted by Crippen LogP contribution is -2.13. The van der Waals surface area contributed by atoms with E-state index in [1.165, 1.54) is 0 Å². The van der Waals surface area contributed by atoms with E-state index in [4.69, 9.17) is 16.3 Å². The van der Waals surface area contributed by atoms with Gasteiger partial charge < -0.3 is 15.0 Å². The predicted molar refractivity (Wildman–Crippen MR) is 113 cm³/mol. The monoisotopic (exact) mass is 390 g/mol. The number of hydrogen-bond donors (Lipinski definition) is 2. The van der Waals surface area contributed by atoms with Crippen molar-refractivity contribution >= 4 is 34.1 Å². The van der Waals surface area contributed by atoms with Crippen LogP contribution in [0.15, 0.2) is 72.8 Å². The number of aromatic amines is 1. The van der Waals surface area contributed by atoms with E-state index in [-0.39, 0.29) is 5.91 Å². The molecule has 0 unspecified atom stereocenters. The molecule has 4 nitrogen and oxygen atoms in total. The summed E-state index contributed by atoms with van der Waals surface area (Å²) in [5.41, 5.74) is 4.08. The molecule has 1 heterocycles. The summed E-state index contributed by atoms with van der Waals surface area (Å²) < 4.78 is 5.86. The molecule has 2 N–H and O–H groups in total. The van der Waals surface area contributed by atoms with Crippen LogP contribution in [0.5, 0.6) is 5.75 Å². The average Bonchev–Trinajstić information content (AvgIpc) is 3.13. The molecule has 0 spiro atoms. The number of hydrogen-bond acceptors (Lipinski definition) is 2. The number of anilines is 1. The van der Waals surface area contributed by atoms with Crippen LogP contribution >= 0.6 is 11.6 Å². The van der Waals surface area contributed by atoms with E-state index in [1.54, 1.807) is 12.1 Å². The second-order valence-electron chi connectivity index (χ2n) is 6.62. The highest BCUT2D eigenvalue weighted by molar-refractivity contribution is 6.31. The van der Waals surface area contributed by atoms with Crippen molar-refractivity contribution in [3.05, 3.63) is 94.6 Å². The fourth-order valence-corrected chi connectivity index (χ4v) is 3.15. The molecule has 0 saturated carbocycles. The standard InChI is InChI=1S/C23H19ClN2O2/c1-15-7-9-18(24)12-20(15)26-23(27)22-11-17-8-10-19(13-21(17)25-22)28-14-16-5-3-2-4-6-16/h2-13,25H,14H2,1H3,(H,26,27). The maximum atomic E-state index is 12.6. The fraction of sp³-hybridized carbons (Fsp3) is 0.0870. The molecule has 5 heteroatoms. The number of nitrogens with one attached hydrogen (secondary N) is 2. The van der Waals surface area contributed by atoms with Gasteiger partial charge in [-0.3, -0.25) is 4.79 Å². The number of ether oxygens (including phenoxy) is 1. The fourth-order valence-electron chi connectivity index (χ4n) is 2.98. The molecule has 1 aromatic heterocycles. The van der Waals surface area contributed by atoms with E-state index in [2.05, 4.69) is 10.3 Å². The molecule has 0 aliphatic heterocycles. The maximum absolute atomic E-state index is 12.6. The number of rotatable bonds is 5. The van der Waals surface area contributed by atoms with Crippen molar-refractivity contribution in [3.8, 4) is 5.75 Å². The van der Waals surface area contributed by atoms with Crippen LogP contribution < -0.4 is 10.1 Å². The van der Waals surface area contributed by atoms with Crippen LogP contribution in [0.4, 0.5) is 5.69 Å². The van der Waals surface area contributed by atoms with Crippen LogP contribution in [0.2, 0.25) is 5.02 Å². The molecule has 28 heavy (non-hydrogen) atoms. The van der Waals surface area contributed by atoms with Gasteiger partial charge in [0.1, 0.15) is 18.1 Å². The number of aryl methyl sites for hydroxylation is 1. The Morgan fingerprint density at radius 1 is 1.04 bits per heavy atom. The molecule has 0 saturated heterocycles. The number of amides is 1. The van der Waals surface area contributed by atoms with E-state index in [9.17, 15) is 4.79 Å². The van der Waals surface area contributed by atoms with Crippen LogP contribution in [-0.2, 0) is 6.61 Å². The number of halogens is 1. The third kappa shape index (κ3) is 4.02. The van der Waals surface area contributed by atoms with Gasteiger partial charge in [0.25, 0.3) is 5.91 Å². The Hall–Kier alpha value is -3.24. The van der Waals surface area contributed by atoms with Crippen molar-refractivity contribution in [1.29, 1.82) is 0 Å². The minimum absolute atomic E-state index is 0.215. The van der Waals surface area contributed by atoms with Gasteiger partial charge in [0.05, 0.1) is 0 Å². The summed E-state index contributed by atoms with van der Waals surface area (Å²) in [6.07, 6.45) is 0. The minimum atomic E-state index is -0.215. The van der Waals surface area contributed by atoms with E-state index >= 15 is 0 Å². The minimum Gasteiger partial charge on any atom is -0.489 e. The number of carbonyl (C=O) groups is 1. The average molecular weight is 391 g/mol. The summed E-state index contributed by atoms with van der Waals surface area (Å²) in [6, 6.07) is 23.0. The summed E-state index contributed by atoms with van der Waals surface area (Å²) in [6.45, 7) is 2.42. The molecule has 0 radical (unpaired) electrons. The van der Waals surface area contributed by atoms with Gasteiger partial charge in [-0.1, -0.05) is 48.0 Å². The molecular formula is C23H19ClN2O2. The van der Waals surface area contributed by atoms with E-state index in [0.717, 1.165) is 27.8 Å². The second-order valence-corrected chi connectivity index (χ2v) is 7.06. The molecule has 1 amide bonds. The third-order valence-electron chi connectivity index (χ3n) is 4.53. The van der Waals surface area contributed by atoms with Crippen LogP contribution in [0.3, 0.4) is 0 Å². The molecule has 140 valence electrons. The third-order valence-corrected chi connectivity index (χ3v) is 4.77. The molecule has 0 aliphatic rings.